The largest absolute Gasteiger partial charge is 0.334 e. The van der Waals surface area contributed by atoms with E-state index in [1.165, 1.54) is 6.20 Å². The first kappa shape index (κ1) is 15.6. The third-order valence-electron chi connectivity index (χ3n) is 3.68. The fourth-order valence-corrected chi connectivity index (χ4v) is 2.42. The Hall–Kier alpha value is -3.87. The molecule has 3 heterocycles. The predicted molar refractivity (Wildman–Crippen MR) is 95.2 cm³/mol. The molecular weight excluding hydrogens is 330 g/mol. The highest BCUT2D eigenvalue weighted by atomic mass is 16.5. The highest BCUT2D eigenvalue weighted by Crippen LogP contribution is 2.28. The van der Waals surface area contributed by atoms with Crippen LogP contribution >= 0.6 is 0 Å². The maximum Gasteiger partial charge on any atom is 0.260 e. The zero-order chi connectivity index (χ0) is 17.8. The van der Waals surface area contributed by atoms with E-state index >= 15 is 0 Å². The Morgan fingerprint density at radius 2 is 1.73 bits per heavy atom. The molecule has 7 heteroatoms. The van der Waals surface area contributed by atoms with Gasteiger partial charge in [0, 0.05) is 30.4 Å². The van der Waals surface area contributed by atoms with E-state index < -0.39 is 0 Å². The molecule has 0 spiro atoms. The third-order valence-corrected chi connectivity index (χ3v) is 3.68. The Bertz CT molecular complexity index is 1030. The van der Waals surface area contributed by atoms with Crippen LogP contribution in [0.2, 0.25) is 0 Å². The number of rotatable bonds is 4. The van der Waals surface area contributed by atoms with Gasteiger partial charge in [-0.3, -0.25) is 14.8 Å². The van der Waals surface area contributed by atoms with Crippen LogP contribution in [0.5, 0.6) is 0 Å². The average Bonchev–Trinajstić information content (AvgIpc) is 3.20. The zero-order valence-corrected chi connectivity index (χ0v) is 13.5. The predicted octanol–water partition coefficient (Wildman–Crippen LogP) is 3.45. The Labute approximate surface area is 148 Å². The van der Waals surface area contributed by atoms with Crippen molar-refractivity contribution in [1.82, 2.24) is 20.1 Å². The van der Waals surface area contributed by atoms with Crippen molar-refractivity contribution in [3.8, 4) is 22.8 Å². The lowest BCUT2D eigenvalue weighted by Gasteiger charge is -2.08. The molecule has 4 aromatic rings. The lowest BCUT2D eigenvalue weighted by atomic mass is 10.1. The van der Waals surface area contributed by atoms with Crippen LogP contribution in [-0.4, -0.2) is 26.0 Å². The summed E-state index contributed by atoms with van der Waals surface area (Å²) in [6.07, 6.45) is 6.45. The Balaban J connectivity index is 1.64. The molecule has 0 unspecified atom stereocenters. The van der Waals surface area contributed by atoms with Crippen molar-refractivity contribution in [2.45, 2.75) is 0 Å². The molecule has 0 saturated carbocycles. The third kappa shape index (κ3) is 3.18. The molecule has 0 bridgehead atoms. The first-order chi connectivity index (χ1) is 12.8. The van der Waals surface area contributed by atoms with Gasteiger partial charge < -0.3 is 9.84 Å². The van der Waals surface area contributed by atoms with Gasteiger partial charge >= 0.3 is 0 Å². The van der Waals surface area contributed by atoms with Gasteiger partial charge in [-0.05, 0) is 36.4 Å². The topological polar surface area (TPSA) is 93.8 Å². The second-order valence-electron chi connectivity index (χ2n) is 5.41. The molecule has 0 aliphatic heterocycles. The fraction of sp³-hybridized carbons (Fsp3) is 0. The van der Waals surface area contributed by atoms with Crippen LogP contribution < -0.4 is 5.32 Å². The number of nitrogens with one attached hydrogen (secondary N) is 1. The smallest absolute Gasteiger partial charge is 0.260 e. The van der Waals surface area contributed by atoms with Crippen molar-refractivity contribution in [2.24, 2.45) is 0 Å². The van der Waals surface area contributed by atoms with E-state index in [0.29, 0.717) is 28.5 Å². The van der Waals surface area contributed by atoms with Crippen LogP contribution in [0, 0.1) is 0 Å². The standard InChI is InChI=1S/C19H13N5O2/c25-18(14-6-4-10-21-12-14)22-16-8-2-1-7-15(16)19-23-17(24-26-19)13-5-3-9-20-11-13/h1-12H,(H,22,25). The molecule has 0 radical (unpaired) electrons. The van der Waals surface area contributed by atoms with Gasteiger partial charge in [-0.1, -0.05) is 17.3 Å². The van der Waals surface area contributed by atoms with E-state index in [0.717, 1.165) is 5.56 Å². The number of pyridine rings is 2. The van der Waals surface area contributed by atoms with Crippen LogP contribution in [-0.2, 0) is 0 Å². The zero-order valence-electron chi connectivity index (χ0n) is 13.5. The summed E-state index contributed by atoms with van der Waals surface area (Å²) in [5.41, 5.74) is 2.42. The number of para-hydroxylation sites is 1. The number of hydrogen-bond donors (Lipinski definition) is 1. The molecular formula is C19H13N5O2. The van der Waals surface area contributed by atoms with Gasteiger partial charge in [0.25, 0.3) is 11.8 Å². The number of anilines is 1. The minimum Gasteiger partial charge on any atom is -0.334 e. The van der Waals surface area contributed by atoms with Gasteiger partial charge in [-0.2, -0.15) is 4.98 Å². The quantitative estimate of drug-likeness (QED) is 0.610. The van der Waals surface area contributed by atoms with Crippen molar-refractivity contribution >= 4 is 11.6 Å². The van der Waals surface area contributed by atoms with Crippen LogP contribution in [0.3, 0.4) is 0 Å². The van der Waals surface area contributed by atoms with E-state index in [2.05, 4.69) is 25.4 Å². The SMILES string of the molecule is O=C(Nc1ccccc1-c1nc(-c2cccnc2)no1)c1cccnc1. The number of amides is 1. The average molecular weight is 343 g/mol. The highest BCUT2D eigenvalue weighted by molar-refractivity contribution is 6.05. The first-order valence-electron chi connectivity index (χ1n) is 7.86. The number of aromatic nitrogens is 4. The lowest BCUT2D eigenvalue weighted by Crippen LogP contribution is -2.12. The summed E-state index contributed by atoms with van der Waals surface area (Å²) in [4.78, 5) is 24.8. The normalized spacial score (nSPS) is 10.5. The summed E-state index contributed by atoms with van der Waals surface area (Å²) >= 11 is 0. The van der Waals surface area contributed by atoms with Crippen molar-refractivity contribution in [3.63, 3.8) is 0 Å². The number of carbonyl (C=O) groups excluding carboxylic acids is 1. The summed E-state index contributed by atoms with van der Waals surface area (Å²) in [7, 11) is 0. The molecule has 7 nitrogen and oxygen atoms in total. The van der Waals surface area contributed by atoms with Crippen molar-refractivity contribution in [1.29, 1.82) is 0 Å². The molecule has 0 aliphatic rings. The van der Waals surface area contributed by atoms with Crippen LogP contribution in [0.25, 0.3) is 22.8 Å². The molecule has 0 saturated heterocycles. The lowest BCUT2D eigenvalue weighted by molar-refractivity contribution is 0.102. The molecule has 0 atom stereocenters. The molecule has 26 heavy (non-hydrogen) atoms. The Morgan fingerprint density at radius 1 is 0.923 bits per heavy atom. The van der Waals surface area contributed by atoms with E-state index in [1.54, 1.807) is 48.9 Å². The summed E-state index contributed by atoms with van der Waals surface area (Å²) < 4.78 is 5.38. The molecule has 126 valence electrons. The fourth-order valence-electron chi connectivity index (χ4n) is 2.42. The van der Waals surface area contributed by atoms with E-state index in [4.69, 9.17) is 4.52 Å². The summed E-state index contributed by atoms with van der Waals surface area (Å²) in [5.74, 6) is 0.477. The van der Waals surface area contributed by atoms with Crippen LogP contribution in [0.15, 0.2) is 77.8 Å². The van der Waals surface area contributed by atoms with Crippen molar-refractivity contribution < 1.29 is 9.32 Å². The first-order valence-corrected chi connectivity index (χ1v) is 7.86. The highest BCUT2D eigenvalue weighted by Gasteiger charge is 2.16. The number of carbonyl (C=O) groups is 1. The molecule has 1 amide bonds. The van der Waals surface area contributed by atoms with Gasteiger partial charge in [-0.15, -0.1) is 0 Å². The van der Waals surface area contributed by atoms with Gasteiger partial charge in [0.15, 0.2) is 0 Å². The van der Waals surface area contributed by atoms with Crippen LogP contribution in [0.1, 0.15) is 10.4 Å². The Kier molecular flexibility index (Phi) is 4.17. The van der Waals surface area contributed by atoms with E-state index in [9.17, 15) is 4.79 Å². The maximum absolute atomic E-state index is 12.4. The summed E-state index contributed by atoms with van der Waals surface area (Å²) in [6, 6.07) is 14.3. The second-order valence-corrected chi connectivity index (χ2v) is 5.41. The molecule has 3 aromatic heterocycles. The molecule has 1 N–H and O–H groups in total. The van der Waals surface area contributed by atoms with Gasteiger partial charge in [0.2, 0.25) is 5.82 Å². The second kappa shape index (κ2) is 6.94. The van der Waals surface area contributed by atoms with Crippen molar-refractivity contribution in [3.05, 3.63) is 78.9 Å². The molecule has 4 rings (SSSR count). The maximum atomic E-state index is 12.4. The number of benzene rings is 1. The summed E-state index contributed by atoms with van der Waals surface area (Å²) in [5, 5.41) is 6.85. The number of nitrogens with zero attached hydrogens (tertiary/aromatic N) is 4. The minimum absolute atomic E-state index is 0.266. The molecule has 0 aliphatic carbocycles. The molecule has 1 aromatic carbocycles. The van der Waals surface area contributed by atoms with Gasteiger partial charge in [-0.25, -0.2) is 0 Å². The Morgan fingerprint density at radius 3 is 2.50 bits per heavy atom. The molecule has 0 fully saturated rings. The van der Waals surface area contributed by atoms with Gasteiger partial charge in [0.05, 0.1) is 16.8 Å². The summed E-state index contributed by atoms with van der Waals surface area (Å²) in [6.45, 7) is 0. The van der Waals surface area contributed by atoms with E-state index in [1.807, 2.05) is 18.2 Å². The van der Waals surface area contributed by atoms with E-state index in [-0.39, 0.29) is 5.91 Å². The van der Waals surface area contributed by atoms with Crippen LogP contribution in [0.4, 0.5) is 5.69 Å². The van der Waals surface area contributed by atoms with Crippen molar-refractivity contribution in [2.75, 3.05) is 5.32 Å². The minimum atomic E-state index is -0.266. The van der Waals surface area contributed by atoms with Gasteiger partial charge in [0.1, 0.15) is 0 Å². The number of hydrogen-bond acceptors (Lipinski definition) is 6. The monoisotopic (exact) mass is 343 g/mol.